The number of aromatic nitrogens is 3. The third kappa shape index (κ3) is 3.70. The number of fused-ring (bicyclic) bond motifs is 1. The van der Waals surface area contributed by atoms with Crippen LogP contribution in [0.5, 0.6) is 0 Å². The van der Waals surface area contributed by atoms with Gasteiger partial charge in [-0.2, -0.15) is 0 Å². The van der Waals surface area contributed by atoms with Gasteiger partial charge >= 0.3 is 0 Å². The zero-order chi connectivity index (χ0) is 21.2. The van der Waals surface area contributed by atoms with Gasteiger partial charge in [-0.25, -0.2) is 4.68 Å². The molecular weight excluding hydrogens is 374 g/mol. The largest absolute Gasteiger partial charge is 0.386 e. The summed E-state index contributed by atoms with van der Waals surface area (Å²) in [5.41, 5.74) is 3.51. The van der Waals surface area contributed by atoms with Crippen LogP contribution in [0.1, 0.15) is 25.0 Å². The van der Waals surface area contributed by atoms with Gasteiger partial charge in [0.25, 0.3) is 0 Å². The van der Waals surface area contributed by atoms with E-state index in [1.54, 1.807) is 18.5 Å². The zero-order valence-electron chi connectivity index (χ0n) is 16.9. The van der Waals surface area contributed by atoms with Gasteiger partial charge < -0.3 is 10.2 Å². The van der Waals surface area contributed by atoms with Crippen molar-refractivity contribution in [2.24, 2.45) is 0 Å². The molecule has 0 saturated heterocycles. The molecule has 0 aliphatic carbocycles. The van der Waals surface area contributed by atoms with Gasteiger partial charge in [-0.05, 0) is 43.2 Å². The highest BCUT2D eigenvalue weighted by Gasteiger charge is 2.38. The molecule has 0 aliphatic heterocycles. The fraction of sp³-hybridized carbons (Fsp3) is 0.160. The number of hydrogen-bond acceptors (Lipinski definition) is 4. The van der Waals surface area contributed by atoms with Crippen molar-refractivity contribution >= 4 is 16.7 Å². The third-order valence-corrected chi connectivity index (χ3v) is 4.85. The molecule has 0 radical (unpaired) electrons. The summed E-state index contributed by atoms with van der Waals surface area (Å²) in [6.45, 7) is 3.31. The monoisotopic (exact) mass is 397 g/mol. The van der Waals surface area contributed by atoms with E-state index in [0.29, 0.717) is 22.3 Å². The Bertz CT molecular complexity index is 1180. The summed E-state index contributed by atoms with van der Waals surface area (Å²) < 4.78 is 1.58. The van der Waals surface area contributed by atoms with Crippen molar-refractivity contribution in [3.05, 3.63) is 108 Å². The van der Waals surface area contributed by atoms with Crippen LogP contribution in [0.2, 0.25) is 0 Å². The number of para-hydroxylation sites is 1. The van der Waals surface area contributed by atoms with E-state index < -0.39 is 11.2 Å². The lowest BCUT2D eigenvalue weighted by Crippen LogP contribution is -2.32. The summed E-state index contributed by atoms with van der Waals surface area (Å²) >= 11 is 0. The number of nitrogens with zero attached hydrogens (tertiary/aromatic N) is 3. The summed E-state index contributed by atoms with van der Waals surface area (Å²) in [6.07, 6.45) is 1.52. The third-order valence-electron chi connectivity index (χ3n) is 4.85. The Hall–Kier alpha value is -3.50. The number of benzene rings is 3. The van der Waals surface area contributed by atoms with Crippen LogP contribution in [0.25, 0.3) is 16.7 Å². The molecule has 0 unspecified atom stereocenters. The molecule has 0 amide bonds. The van der Waals surface area contributed by atoms with Crippen LogP contribution >= 0.6 is 0 Å². The van der Waals surface area contributed by atoms with Crippen molar-refractivity contribution in [1.29, 1.82) is 0 Å². The second-order valence-corrected chi connectivity index (χ2v) is 7.72. The predicted octanol–water partition coefficient (Wildman–Crippen LogP) is 4.13. The minimum atomic E-state index is -1.58. The fourth-order valence-electron chi connectivity index (χ4n) is 3.40. The number of hydrogen-bond donors (Lipinski definition) is 2. The van der Waals surface area contributed by atoms with Crippen molar-refractivity contribution in [2.75, 3.05) is 0 Å². The van der Waals surface area contributed by atoms with Crippen molar-refractivity contribution in [1.82, 2.24) is 15.0 Å². The molecule has 3 aromatic carbocycles. The normalized spacial score (nSPS) is 11.9. The van der Waals surface area contributed by atoms with Crippen LogP contribution in [0.15, 0.2) is 96.7 Å². The van der Waals surface area contributed by atoms with Gasteiger partial charge in [0.05, 0.1) is 11.1 Å². The predicted molar refractivity (Wildman–Crippen MR) is 117 cm³/mol. The summed E-state index contributed by atoms with van der Waals surface area (Å²) in [7, 11) is 0. The van der Waals surface area contributed by atoms with E-state index in [1.165, 1.54) is 6.08 Å². The van der Waals surface area contributed by atoms with Gasteiger partial charge in [-0.15, -0.1) is 5.10 Å². The standard InChI is InChI=1S/C25H23N3O2/c1-24(2,29)18-17-23(28-22-16-10-9-15-21(22)26-27-28)25(30,19-11-5-3-6-12-19)20-13-7-4-8-14-20/h3-16,18,29-30H,1-2H3. The molecule has 4 aromatic rings. The van der Waals surface area contributed by atoms with E-state index in [-0.39, 0.29) is 0 Å². The average Bonchev–Trinajstić information content (AvgIpc) is 3.18. The number of aliphatic hydroxyl groups is 2. The Morgan fingerprint density at radius 2 is 1.37 bits per heavy atom. The molecule has 0 saturated carbocycles. The molecule has 1 aromatic heterocycles. The minimum Gasteiger partial charge on any atom is -0.386 e. The Morgan fingerprint density at radius 3 is 1.93 bits per heavy atom. The molecule has 1 heterocycles. The molecule has 4 rings (SSSR count). The first kappa shape index (κ1) is 19.8. The highest BCUT2D eigenvalue weighted by molar-refractivity contribution is 5.80. The topological polar surface area (TPSA) is 71.2 Å². The lowest BCUT2D eigenvalue weighted by atomic mass is 9.83. The first-order chi connectivity index (χ1) is 14.4. The lowest BCUT2D eigenvalue weighted by molar-refractivity contribution is 0.131. The van der Waals surface area contributed by atoms with E-state index in [2.05, 4.69) is 16.0 Å². The van der Waals surface area contributed by atoms with Gasteiger partial charge in [0.15, 0.2) is 5.60 Å². The van der Waals surface area contributed by atoms with Crippen molar-refractivity contribution in [3.8, 4) is 0 Å². The van der Waals surface area contributed by atoms with Gasteiger partial charge in [0.1, 0.15) is 11.2 Å². The maximum atomic E-state index is 12.3. The number of rotatable bonds is 5. The van der Waals surface area contributed by atoms with E-state index in [1.807, 2.05) is 84.9 Å². The van der Waals surface area contributed by atoms with Crippen LogP contribution in [-0.2, 0) is 5.60 Å². The van der Waals surface area contributed by atoms with Gasteiger partial charge in [0.2, 0.25) is 0 Å². The van der Waals surface area contributed by atoms with E-state index in [4.69, 9.17) is 0 Å². The first-order valence-corrected chi connectivity index (χ1v) is 9.74. The van der Waals surface area contributed by atoms with Crippen LogP contribution in [0.3, 0.4) is 0 Å². The Morgan fingerprint density at radius 1 is 0.833 bits per heavy atom. The Balaban J connectivity index is 2.09. The van der Waals surface area contributed by atoms with Crippen LogP contribution in [-0.4, -0.2) is 30.8 Å². The molecule has 0 aliphatic rings. The molecule has 0 fully saturated rings. The summed E-state index contributed by atoms with van der Waals surface area (Å²) in [5, 5.41) is 31.1. The van der Waals surface area contributed by atoms with Crippen molar-refractivity contribution in [2.45, 2.75) is 25.0 Å². The second-order valence-electron chi connectivity index (χ2n) is 7.72. The maximum Gasteiger partial charge on any atom is 0.164 e. The highest BCUT2D eigenvalue weighted by Crippen LogP contribution is 2.39. The Labute approximate surface area is 175 Å². The molecule has 2 N–H and O–H groups in total. The summed E-state index contributed by atoms with van der Waals surface area (Å²) in [6, 6.07) is 26.3. The van der Waals surface area contributed by atoms with Gasteiger partial charge in [0, 0.05) is 0 Å². The molecule has 5 nitrogen and oxygen atoms in total. The van der Waals surface area contributed by atoms with E-state index in [9.17, 15) is 10.2 Å². The molecule has 0 spiro atoms. The van der Waals surface area contributed by atoms with Crippen molar-refractivity contribution < 1.29 is 10.2 Å². The SMILES string of the molecule is CC(C)(O)C=C=C(n1nnc2ccccc21)C(O)(c1ccccc1)c1ccccc1. The average molecular weight is 397 g/mol. The van der Waals surface area contributed by atoms with Crippen LogP contribution < -0.4 is 0 Å². The van der Waals surface area contributed by atoms with Crippen molar-refractivity contribution in [3.63, 3.8) is 0 Å². The van der Waals surface area contributed by atoms with Crippen LogP contribution in [0.4, 0.5) is 0 Å². The van der Waals surface area contributed by atoms with Gasteiger partial charge in [-0.3, -0.25) is 0 Å². The van der Waals surface area contributed by atoms with Crippen LogP contribution in [0, 0.1) is 0 Å². The summed E-state index contributed by atoms with van der Waals surface area (Å²) in [4.78, 5) is 0. The molecule has 5 heteroatoms. The highest BCUT2D eigenvalue weighted by atomic mass is 16.3. The Kier molecular flexibility index (Phi) is 5.10. The zero-order valence-corrected chi connectivity index (χ0v) is 16.9. The smallest absolute Gasteiger partial charge is 0.164 e. The molecule has 0 atom stereocenters. The van der Waals surface area contributed by atoms with Gasteiger partial charge in [-0.1, -0.05) is 83.7 Å². The molecule has 30 heavy (non-hydrogen) atoms. The molecule has 0 bridgehead atoms. The fourth-order valence-corrected chi connectivity index (χ4v) is 3.40. The molecular formula is C25H23N3O2. The second kappa shape index (κ2) is 7.73. The van der Waals surface area contributed by atoms with E-state index >= 15 is 0 Å². The first-order valence-electron chi connectivity index (χ1n) is 9.74. The molecule has 150 valence electrons. The summed E-state index contributed by atoms with van der Waals surface area (Å²) in [5.74, 6) is 0. The maximum absolute atomic E-state index is 12.3. The minimum absolute atomic E-state index is 0.343. The van der Waals surface area contributed by atoms with E-state index in [0.717, 1.165) is 5.52 Å². The quantitative estimate of drug-likeness (QED) is 0.497. The lowest BCUT2D eigenvalue weighted by Gasteiger charge is -2.31.